The number of nitrogens with one attached hydrogen (secondary N) is 3. The molecule has 0 saturated carbocycles. The van der Waals surface area contributed by atoms with Crippen LogP contribution in [0.1, 0.15) is 46.1 Å². The van der Waals surface area contributed by atoms with Gasteiger partial charge < -0.3 is 16.0 Å². The molecule has 1 amide bonds. The van der Waals surface area contributed by atoms with E-state index in [0.29, 0.717) is 18.5 Å². The Labute approximate surface area is 178 Å². The molecular formula is C21H34N6O3. The SMILES string of the molecule is CCN1CCCC1CNC(=NCc1ccc([N+](=O)[O-])cc1)NCC(=O)NC(C)(C)C. The fraction of sp³-hybridized carbons (Fsp3) is 0.619. The van der Waals surface area contributed by atoms with Crippen LogP contribution in [0.15, 0.2) is 29.3 Å². The Morgan fingerprint density at radius 3 is 2.57 bits per heavy atom. The van der Waals surface area contributed by atoms with Gasteiger partial charge >= 0.3 is 0 Å². The van der Waals surface area contributed by atoms with Gasteiger partial charge in [-0.05, 0) is 52.3 Å². The van der Waals surface area contributed by atoms with Gasteiger partial charge in [-0.1, -0.05) is 19.1 Å². The fourth-order valence-corrected chi connectivity index (χ4v) is 3.45. The van der Waals surface area contributed by atoms with E-state index in [-0.39, 0.29) is 23.7 Å². The third kappa shape index (κ3) is 7.98. The van der Waals surface area contributed by atoms with Gasteiger partial charge in [0.05, 0.1) is 18.0 Å². The Kier molecular flexibility index (Phi) is 8.58. The highest BCUT2D eigenvalue weighted by atomic mass is 16.6. The van der Waals surface area contributed by atoms with E-state index in [9.17, 15) is 14.9 Å². The molecule has 0 aromatic heterocycles. The summed E-state index contributed by atoms with van der Waals surface area (Å²) in [5.74, 6) is 0.448. The zero-order valence-electron chi connectivity index (χ0n) is 18.4. The zero-order valence-corrected chi connectivity index (χ0v) is 18.4. The maximum absolute atomic E-state index is 12.2. The van der Waals surface area contributed by atoms with Gasteiger partial charge in [-0.15, -0.1) is 0 Å². The second kappa shape index (κ2) is 10.9. The molecular weight excluding hydrogens is 384 g/mol. The molecule has 1 unspecified atom stereocenters. The van der Waals surface area contributed by atoms with Crippen LogP contribution in [0.3, 0.4) is 0 Å². The smallest absolute Gasteiger partial charge is 0.269 e. The molecule has 1 aromatic carbocycles. The minimum Gasteiger partial charge on any atom is -0.355 e. The van der Waals surface area contributed by atoms with Crippen LogP contribution in [0.4, 0.5) is 5.69 Å². The first-order valence-corrected chi connectivity index (χ1v) is 10.5. The summed E-state index contributed by atoms with van der Waals surface area (Å²) < 4.78 is 0. The van der Waals surface area contributed by atoms with E-state index in [1.807, 2.05) is 20.8 Å². The lowest BCUT2D eigenvalue weighted by molar-refractivity contribution is -0.384. The van der Waals surface area contributed by atoms with Crippen LogP contribution in [-0.4, -0.2) is 59.4 Å². The highest BCUT2D eigenvalue weighted by Gasteiger charge is 2.23. The summed E-state index contributed by atoms with van der Waals surface area (Å²) in [7, 11) is 0. The number of likely N-dealkylation sites (tertiary alicyclic amines) is 1. The zero-order chi connectivity index (χ0) is 22.1. The molecule has 9 heteroatoms. The highest BCUT2D eigenvalue weighted by Crippen LogP contribution is 2.15. The molecule has 0 bridgehead atoms. The Hall–Kier alpha value is -2.68. The number of carbonyl (C=O) groups excluding carboxylic acids is 1. The van der Waals surface area contributed by atoms with Gasteiger partial charge in [-0.25, -0.2) is 4.99 Å². The van der Waals surface area contributed by atoms with Crippen LogP contribution in [0.5, 0.6) is 0 Å². The molecule has 3 N–H and O–H groups in total. The number of amides is 1. The molecule has 1 heterocycles. The average molecular weight is 419 g/mol. The van der Waals surface area contributed by atoms with Crippen LogP contribution in [-0.2, 0) is 11.3 Å². The lowest BCUT2D eigenvalue weighted by atomic mass is 10.1. The number of hydrogen-bond donors (Lipinski definition) is 3. The van der Waals surface area contributed by atoms with Crippen molar-refractivity contribution in [1.82, 2.24) is 20.9 Å². The number of carbonyl (C=O) groups is 1. The predicted molar refractivity (Wildman–Crippen MR) is 118 cm³/mol. The first kappa shape index (κ1) is 23.6. The summed E-state index contributed by atoms with van der Waals surface area (Å²) in [5.41, 5.74) is 0.615. The van der Waals surface area contributed by atoms with Crippen molar-refractivity contribution >= 4 is 17.6 Å². The van der Waals surface area contributed by atoms with Gasteiger partial charge in [0.25, 0.3) is 5.69 Å². The van der Waals surface area contributed by atoms with Crippen molar-refractivity contribution in [2.45, 2.75) is 58.7 Å². The van der Waals surface area contributed by atoms with Crippen LogP contribution in [0.2, 0.25) is 0 Å². The summed E-state index contributed by atoms with van der Waals surface area (Å²) >= 11 is 0. The van der Waals surface area contributed by atoms with Crippen molar-refractivity contribution in [2.24, 2.45) is 4.99 Å². The molecule has 0 spiro atoms. The number of aliphatic imine (C=N–C) groups is 1. The second-order valence-electron chi connectivity index (χ2n) is 8.55. The van der Waals surface area contributed by atoms with Gasteiger partial charge in [-0.2, -0.15) is 0 Å². The number of hydrogen-bond acceptors (Lipinski definition) is 5. The number of likely N-dealkylation sites (N-methyl/N-ethyl adjacent to an activating group) is 1. The standard InChI is InChI=1S/C21H34N6O3/c1-5-26-12-6-7-18(26)14-23-20(24-15-19(28)25-21(2,3)4)22-13-16-8-10-17(11-9-16)27(29)30/h8-11,18H,5-7,12-15H2,1-4H3,(H,25,28)(H2,22,23,24). The number of guanidine groups is 1. The van der Waals surface area contributed by atoms with Crippen LogP contribution in [0, 0.1) is 10.1 Å². The average Bonchev–Trinajstić information content (AvgIpc) is 3.14. The molecule has 166 valence electrons. The van der Waals surface area contributed by atoms with Crippen LogP contribution < -0.4 is 16.0 Å². The minimum absolute atomic E-state index is 0.0546. The first-order chi connectivity index (χ1) is 14.2. The molecule has 1 atom stereocenters. The summed E-state index contributed by atoms with van der Waals surface area (Å²) in [6, 6.07) is 6.78. The second-order valence-corrected chi connectivity index (χ2v) is 8.55. The van der Waals surface area contributed by atoms with E-state index < -0.39 is 4.92 Å². The summed E-state index contributed by atoms with van der Waals surface area (Å²) in [6.07, 6.45) is 2.33. The van der Waals surface area contributed by atoms with Gasteiger partial charge in [0.1, 0.15) is 0 Å². The molecule has 9 nitrogen and oxygen atoms in total. The van der Waals surface area contributed by atoms with E-state index in [1.54, 1.807) is 12.1 Å². The Balaban J connectivity index is 2.00. The molecule has 0 radical (unpaired) electrons. The van der Waals surface area contributed by atoms with Crippen molar-refractivity contribution in [3.05, 3.63) is 39.9 Å². The molecule has 1 aromatic rings. The Morgan fingerprint density at radius 2 is 1.97 bits per heavy atom. The number of nitro benzene ring substituents is 1. The summed E-state index contributed by atoms with van der Waals surface area (Å²) in [5, 5.41) is 20.2. The van der Waals surface area contributed by atoms with E-state index in [2.05, 4.69) is 32.8 Å². The summed E-state index contributed by atoms with van der Waals surface area (Å²) in [4.78, 5) is 29.6. The Morgan fingerprint density at radius 1 is 1.27 bits per heavy atom. The third-order valence-corrected chi connectivity index (χ3v) is 4.91. The van der Waals surface area contributed by atoms with Crippen molar-refractivity contribution in [1.29, 1.82) is 0 Å². The lowest BCUT2D eigenvalue weighted by Gasteiger charge is -2.24. The van der Waals surface area contributed by atoms with E-state index >= 15 is 0 Å². The van der Waals surface area contributed by atoms with E-state index in [0.717, 1.165) is 31.6 Å². The van der Waals surface area contributed by atoms with Crippen molar-refractivity contribution in [3.63, 3.8) is 0 Å². The molecule has 1 saturated heterocycles. The molecule has 1 aliphatic heterocycles. The van der Waals surface area contributed by atoms with Gasteiger partial charge in [-0.3, -0.25) is 19.8 Å². The van der Waals surface area contributed by atoms with E-state index in [4.69, 9.17) is 0 Å². The first-order valence-electron chi connectivity index (χ1n) is 10.5. The maximum atomic E-state index is 12.2. The quantitative estimate of drug-likeness (QED) is 0.258. The molecule has 0 aliphatic carbocycles. The normalized spacial score (nSPS) is 17.6. The number of rotatable bonds is 8. The number of nitro groups is 1. The topological polar surface area (TPSA) is 112 Å². The van der Waals surface area contributed by atoms with Gasteiger partial charge in [0.2, 0.25) is 5.91 Å². The molecule has 2 rings (SSSR count). The molecule has 30 heavy (non-hydrogen) atoms. The lowest BCUT2D eigenvalue weighted by Crippen LogP contribution is -2.50. The van der Waals surface area contributed by atoms with Crippen LogP contribution >= 0.6 is 0 Å². The Bertz CT molecular complexity index is 742. The van der Waals surface area contributed by atoms with Crippen molar-refractivity contribution < 1.29 is 9.72 Å². The fourth-order valence-electron chi connectivity index (χ4n) is 3.45. The highest BCUT2D eigenvalue weighted by molar-refractivity contribution is 5.86. The molecule has 1 aliphatic rings. The van der Waals surface area contributed by atoms with Crippen molar-refractivity contribution in [2.75, 3.05) is 26.2 Å². The monoisotopic (exact) mass is 418 g/mol. The maximum Gasteiger partial charge on any atom is 0.269 e. The predicted octanol–water partition coefficient (Wildman–Crippen LogP) is 2.03. The number of nitrogens with zero attached hydrogens (tertiary/aromatic N) is 3. The number of non-ortho nitro benzene ring substituents is 1. The third-order valence-electron chi connectivity index (χ3n) is 4.91. The largest absolute Gasteiger partial charge is 0.355 e. The van der Waals surface area contributed by atoms with Crippen molar-refractivity contribution in [3.8, 4) is 0 Å². The van der Waals surface area contributed by atoms with E-state index in [1.165, 1.54) is 18.6 Å². The minimum atomic E-state index is -0.420. The number of benzene rings is 1. The molecule has 1 fully saturated rings. The van der Waals surface area contributed by atoms with Gasteiger partial charge in [0, 0.05) is 30.3 Å². The van der Waals surface area contributed by atoms with Gasteiger partial charge in [0.15, 0.2) is 5.96 Å². The summed E-state index contributed by atoms with van der Waals surface area (Å²) in [6.45, 7) is 11.3. The van der Waals surface area contributed by atoms with Crippen LogP contribution in [0.25, 0.3) is 0 Å².